The van der Waals surface area contributed by atoms with E-state index in [1.165, 1.54) is 367 Å². The van der Waals surface area contributed by atoms with Crippen LogP contribution in [0.3, 0.4) is 0 Å². The van der Waals surface area contributed by atoms with E-state index in [1.54, 1.807) is 11.7 Å². The van der Waals surface area contributed by atoms with Gasteiger partial charge >= 0.3 is 0 Å². The molecule has 4 heteroatoms. The number of nitrogens with zero attached hydrogens (tertiary/aromatic N) is 4. The van der Waals surface area contributed by atoms with E-state index >= 15 is 0 Å². The Labute approximate surface area is 421 Å². The van der Waals surface area contributed by atoms with Crippen molar-refractivity contribution in [2.75, 3.05) is 52.4 Å². The molecule has 0 aromatic carbocycles. The minimum absolute atomic E-state index is 0.839. The molecular weight excluding hydrogens is 813 g/mol. The van der Waals surface area contributed by atoms with E-state index in [0.29, 0.717) is 0 Å². The Hall–Kier alpha value is -1.06. The van der Waals surface area contributed by atoms with Crippen LogP contribution in [-0.4, -0.2) is 83.0 Å². The summed E-state index contributed by atoms with van der Waals surface area (Å²) in [7, 11) is 0. The Morgan fingerprint density at radius 1 is 0.299 bits per heavy atom. The van der Waals surface area contributed by atoms with E-state index in [2.05, 4.69) is 32.8 Å². The third kappa shape index (κ3) is 27.4. The second-order valence-electron chi connectivity index (χ2n) is 23.4. The predicted octanol–water partition coefficient (Wildman–Crippen LogP) is 18.9. The Morgan fingerprint density at radius 3 is 0.851 bits per heavy atom. The highest BCUT2D eigenvalue weighted by Crippen LogP contribution is 2.28. The first kappa shape index (κ1) is 58.5. The van der Waals surface area contributed by atoms with Crippen molar-refractivity contribution in [2.45, 2.75) is 328 Å². The van der Waals surface area contributed by atoms with Gasteiger partial charge in [-0.25, -0.2) is 0 Å². The van der Waals surface area contributed by atoms with Crippen molar-refractivity contribution in [2.24, 2.45) is 11.8 Å². The zero-order valence-electron chi connectivity index (χ0n) is 46.2. The van der Waals surface area contributed by atoms with Crippen LogP contribution in [0, 0.1) is 11.8 Å². The van der Waals surface area contributed by atoms with E-state index in [4.69, 9.17) is 0 Å². The standard InChI is InChI=1S/C63H122N4/c1-3-5-7-9-11-13-15-17-19-21-23-25-27-30-34-38-48-60-50-40-44-54-66-58-46-56-64(62(60)66)52-42-36-32-29-33-37-43-53-65-57-47-59-67-55-45-41-51-61(63(65)67)49-39-35-31-28-26-24-22-20-18-16-14-12-10-8-6-4-2/h60-61H,3-59H2,1-2H3/q+2. The molecule has 0 saturated carbocycles. The van der Waals surface area contributed by atoms with Gasteiger partial charge in [0.25, 0.3) is 0 Å². The smallest absolute Gasteiger partial charge is 0.249 e. The van der Waals surface area contributed by atoms with Gasteiger partial charge in [0.1, 0.15) is 0 Å². The molecule has 2 atom stereocenters. The molecule has 4 aliphatic heterocycles. The summed E-state index contributed by atoms with van der Waals surface area (Å²) >= 11 is 0. The first-order valence-corrected chi connectivity index (χ1v) is 32.0. The first-order chi connectivity index (χ1) is 33.3. The van der Waals surface area contributed by atoms with Gasteiger partial charge in [-0.05, 0) is 77.0 Å². The van der Waals surface area contributed by atoms with Crippen molar-refractivity contribution in [1.82, 2.24) is 9.80 Å². The van der Waals surface area contributed by atoms with Crippen LogP contribution >= 0.6 is 0 Å². The zero-order valence-corrected chi connectivity index (χ0v) is 46.2. The molecule has 0 N–H and O–H groups in total. The highest BCUT2D eigenvalue weighted by atomic mass is 15.3. The van der Waals surface area contributed by atoms with Crippen molar-refractivity contribution in [3.8, 4) is 0 Å². The fraction of sp³-hybridized carbons (Fsp3) is 0.968. The average molecular weight is 936 g/mol. The summed E-state index contributed by atoms with van der Waals surface area (Å²) in [5.41, 5.74) is 0. The zero-order chi connectivity index (χ0) is 46.9. The summed E-state index contributed by atoms with van der Waals surface area (Å²) in [5.74, 6) is 5.29. The molecule has 0 radical (unpaired) electrons. The number of rotatable bonds is 44. The number of amidine groups is 2. The lowest BCUT2D eigenvalue weighted by Gasteiger charge is -2.30. The van der Waals surface area contributed by atoms with Gasteiger partial charge in [0.15, 0.2) is 0 Å². The van der Waals surface area contributed by atoms with E-state index in [1.807, 2.05) is 0 Å². The minimum Gasteiger partial charge on any atom is -0.265 e. The summed E-state index contributed by atoms with van der Waals surface area (Å²) in [6, 6.07) is 0. The van der Waals surface area contributed by atoms with Gasteiger partial charge in [0.05, 0.1) is 64.2 Å². The maximum Gasteiger partial charge on any atom is 0.249 e. The summed E-state index contributed by atoms with van der Waals surface area (Å²) in [6.45, 7) is 15.3. The summed E-state index contributed by atoms with van der Waals surface area (Å²) in [5, 5.41) is 0. The lowest BCUT2D eigenvalue weighted by atomic mass is 9.93. The molecule has 392 valence electrons. The van der Waals surface area contributed by atoms with E-state index in [9.17, 15) is 0 Å². The van der Waals surface area contributed by atoms with Gasteiger partial charge in [-0.3, -0.25) is 19.0 Å². The lowest BCUT2D eigenvalue weighted by Crippen LogP contribution is -2.48. The fourth-order valence-corrected chi connectivity index (χ4v) is 13.3. The third-order valence-corrected chi connectivity index (χ3v) is 17.4. The SMILES string of the molecule is CCCCCCCCCCCCCCCCCCC1CCCC[N+]2=C1N(CCCCCCCCCN1CCC[N+]3=C1C(CCCCCCCCCCCCCCCCCC)CCCC3)CCC2. The van der Waals surface area contributed by atoms with Crippen LogP contribution in [0.4, 0.5) is 0 Å². The molecule has 0 fully saturated rings. The third-order valence-electron chi connectivity index (χ3n) is 17.4. The maximum absolute atomic E-state index is 2.91. The molecule has 4 nitrogen and oxygen atoms in total. The van der Waals surface area contributed by atoms with Gasteiger partial charge in [-0.2, -0.15) is 0 Å². The monoisotopic (exact) mass is 935 g/mol. The lowest BCUT2D eigenvalue weighted by molar-refractivity contribution is -0.540. The van der Waals surface area contributed by atoms with Crippen LogP contribution in [0.1, 0.15) is 328 Å². The minimum atomic E-state index is 0.839. The Bertz CT molecular complexity index is 1100. The van der Waals surface area contributed by atoms with E-state index < -0.39 is 0 Å². The number of hydrogen-bond donors (Lipinski definition) is 0. The van der Waals surface area contributed by atoms with Gasteiger partial charge in [-0.1, -0.05) is 239 Å². The maximum atomic E-state index is 2.91. The van der Waals surface area contributed by atoms with Crippen LogP contribution in [0.25, 0.3) is 0 Å². The molecule has 2 unspecified atom stereocenters. The van der Waals surface area contributed by atoms with Crippen LogP contribution in [0.2, 0.25) is 0 Å². The Morgan fingerprint density at radius 2 is 0.552 bits per heavy atom. The van der Waals surface area contributed by atoms with Crippen molar-refractivity contribution >= 4 is 11.7 Å². The molecule has 4 rings (SSSR count). The highest BCUT2D eigenvalue weighted by Gasteiger charge is 2.36. The van der Waals surface area contributed by atoms with Crippen LogP contribution in [0.5, 0.6) is 0 Å². The topological polar surface area (TPSA) is 12.5 Å². The van der Waals surface area contributed by atoms with Gasteiger partial charge in [0, 0.05) is 12.8 Å². The average Bonchev–Trinajstić information content (AvgIpc) is 3.70. The molecular formula is C63H122N4+2. The molecule has 4 heterocycles. The summed E-state index contributed by atoms with van der Waals surface area (Å²) in [6.07, 6.45) is 71.4. The first-order valence-electron chi connectivity index (χ1n) is 32.0. The van der Waals surface area contributed by atoms with E-state index in [-0.39, 0.29) is 0 Å². The normalized spacial score (nSPS) is 19.3. The van der Waals surface area contributed by atoms with Gasteiger partial charge in [-0.15, -0.1) is 0 Å². The summed E-state index contributed by atoms with van der Waals surface area (Å²) < 4.78 is 5.73. The second kappa shape index (κ2) is 41.5. The van der Waals surface area contributed by atoms with Crippen LogP contribution < -0.4 is 0 Å². The van der Waals surface area contributed by atoms with E-state index in [0.717, 1.165) is 11.8 Å². The second-order valence-corrected chi connectivity index (χ2v) is 23.4. The molecule has 0 aliphatic carbocycles. The van der Waals surface area contributed by atoms with Crippen molar-refractivity contribution in [3.63, 3.8) is 0 Å². The van der Waals surface area contributed by atoms with Crippen LogP contribution in [0.15, 0.2) is 0 Å². The molecule has 0 spiro atoms. The molecule has 0 saturated heterocycles. The Kier molecular flexibility index (Phi) is 36.3. The van der Waals surface area contributed by atoms with Crippen molar-refractivity contribution < 1.29 is 9.15 Å². The molecule has 0 bridgehead atoms. The Balaban J connectivity index is 1.00. The van der Waals surface area contributed by atoms with Gasteiger partial charge < -0.3 is 0 Å². The highest BCUT2D eigenvalue weighted by molar-refractivity contribution is 5.81. The fourth-order valence-electron chi connectivity index (χ4n) is 13.3. The molecule has 4 aliphatic rings. The van der Waals surface area contributed by atoms with Crippen molar-refractivity contribution in [3.05, 3.63) is 0 Å². The molecule has 67 heavy (non-hydrogen) atoms. The molecule has 0 aromatic heterocycles. The number of hydrogen-bond acceptors (Lipinski definition) is 2. The van der Waals surface area contributed by atoms with Crippen LogP contribution in [-0.2, 0) is 0 Å². The quantitative estimate of drug-likeness (QED) is 0.0446. The predicted molar refractivity (Wildman–Crippen MR) is 298 cm³/mol. The molecule has 0 aromatic rings. The summed E-state index contributed by atoms with van der Waals surface area (Å²) in [4.78, 5) is 5.82. The molecule has 0 amide bonds. The number of unbranched alkanes of at least 4 members (excludes halogenated alkanes) is 36. The largest absolute Gasteiger partial charge is 0.265 e. The van der Waals surface area contributed by atoms with Gasteiger partial charge in [0.2, 0.25) is 11.7 Å². The van der Waals surface area contributed by atoms with Crippen molar-refractivity contribution in [1.29, 1.82) is 0 Å².